The molecule has 0 rings (SSSR count). The van der Waals surface area contributed by atoms with E-state index in [0.29, 0.717) is 6.42 Å². The first-order valence-corrected chi connectivity index (χ1v) is 15.9. The summed E-state index contributed by atoms with van der Waals surface area (Å²) in [6.45, 7) is 4.38. The van der Waals surface area contributed by atoms with E-state index in [1.165, 1.54) is 38.5 Å². The second-order valence-corrected chi connectivity index (χ2v) is 10.3. The monoisotopic (exact) mass is 554 g/mol. The molecule has 0 aromatic heterocycles. The van der Waals surface area contributed by atoms with E-state index in [4.69, 9.17) is 9.84 Å². The Labute approximate surface area is 246 Å². The van der Waals surface area contributed by atoms with Gasteiger partial charge in [-0.1, -0.05) is 126 Å². The van der Waals surface area contributed by atoms with Crippen LogP contribution >= 0.6 is 0 Å². The van der Waals surface area contributed by atoms with Crippen molar-refractivity contribution >= 4 is 11.9 Å². The zero-order valence-corrected chi connectivity index (χ0v) is 25.6. The Morgan fingerprint density at radius 3 is 1.75 bits per heavy atom. The predicted octanol–water partition coefficient (Wildman–Crippen LogP) is 10.8. The van der Waals surface area contributed by atoms with Crippen LogP contribution in [0.2, 0.25) is 0 Å². The Morgan fingerprint density at radius 2 is 1.15 bits per heavy atom. The van der Waals surface area contributed by atoms with Crippen LogP contribution in [0.25, 0.3) is 0 Å². The van der Waals surface area contributed by atoms with Crippen LogP contribution in [-0.4, -0.2) is 23.1 Å². The normalized spacial score (nSPS) is 13.2. The number of carboxylic acids is 1. The van der Waals surface area contributed by atoms with E-state index in [9.17, 15) is 9.59 Å². The molecule has 1 N–H and O–H groups in total. The molecule has 4 heteroatoms. The lowest BCUT2D eigenvalue weighted by Crippen LogP contribution is -2.15. The Morgan fingerprint density at radius 1 is 0.625 bits per heavy atom. The van der Waals surface area contributed by atoms with Crippen molar-refractivity contribution in [1.29, 1.82) is 0 Å². The Kier molecular flexibility index (Phi) is 28.9. The van der Waals surface area contributed by atoms with Gasteiger partial charge in [0.1, 0.15) is 6.10 Å². The zero-order valence-electron chi connectivity index (χ0n) is 25.6. The molecule has 0 aliphatic heterocycles. The largest absolute Gasteiger partial charge is 0.481 e. The van der Waals surface area contributed by atoms with Crippen LogP contribution in [-0.2, 0) is 14.3 Å². The molecule has 0 aromatic rings. The highest BCUT2D eigenvalue weighted by molar-refractivity contribution is 5.71. The molecule has 1 atom stereocenters. The maximum atomic E-state index is 12.4. The lowest BCUT2D eigenvalue weighted by Gasteiger charge is -2.14. The standard InChI is InChI=1S/C36H58O4/c1-3-5-7-9-11-13-14-15-16-17-18-19-21-23-29-33-36(39)40-34(31-27-24-25-28-32-35(37)38)30-26-22-20-12-10-8-6-4-2/h5,7,11,13,15-16,18-19,23,26,29-30,34H,3-4,6,8-10,12,14,17,20-22,24-25,27-28,31-33H2,1-2H3,(H,37,38)/b7-5-,13-11-,16-15-,19-18-,29-23-,30-26-. The minimum atomic E-state index is -0.737. The lowest BCUT2D eigenvalue weighted by atomic mass is 10.1. The minimum absolute atomic E-state index is 0.193. The maximum Gasteiger partial charge on any atom is 0.310 e. The van der Waals surface area contributed by atoms with E-state index in [-0.39, 0.29) is 24.9 Å². The van der Waals surface area contributed by atoms with Gasteiger partial charge in [0.2, 0.25) is 0 Å². The number of aliphatic carboxylic acids is 1. The molecular formula is C36H58O4. The first kappa shape index (κ1) is 37.4. The molecule has 0 saturated carbocycles. The fraction of sp³-hybridized carbons (Fsp3) is 0.611. The predicted molar refractivity (Wildman–Crippen MR) is 171 cm³/mol. The molecule has 0 saturated heterocycles. The van der Waals surface area contributed by atoms with Gasteiger partial charge >= 0.3 is 11.9 Å². The number of rotatable bonds is 27. The van der Waals surface area contributed by atoms with Gasteiger partial charge in [-0.3, -0.25) is 9.59 Å². The van der Waals surface area contributed by atoms with Crippen molar-refractivity contribution in [1.82, 2.24) is 0 Å². The number of carboxylic acid groups (broad SMARTS) is 1. The summed E-state index contributed by atoms with van der Waals surface area (Å²) in [5, 5.41) is 8.78. The molecule has 0 spiro atoms. The van der Waals surface area contributed by atoms with Crippen molar-refractivity contribution in [3.63, 3.8) is 0 Å². The number of esters is 1. The fourth-order valence-electron chi connectivity index (χ4n) is 4.11. The van der Waals surface area contributed by atoms with E-state index < -0.39 is 5.97 Å². The first-order chi connectivity index (χ1) is 19.6. The summed E-state index contributed by atoms with van der Waals surface area (Å²) in [6.07, 6.45) is 43.6. The van der Waals surface area contributed by atoms with Gasteiger partial charge in [-0.15, -0.1) is 0 Å². The molecule has 1 unspecified atom stereocenters. The molecule has 0 radical (unpaired) electrons. The first-order valence-electron chi connectivity index (χ1n) is 15.9. The molecule has 0 aromatic carbocycles. The van der Waals surface area contributed by atoms with Crippen LogP contribution < -0.4 is 0 Å². The molecular weight excluding hydrogens is 496 g/mol. The highest BCUT2D eigenvalue weighted by Gasteiger charge is 2.10. The third kappa shape index (κ3) is 29.9. The van der Waals surface area contributed by atoms with Gasteiger partial charge in [-0.05, 0) is 70.3 Å². The molecule has 40 heavy (non-hydrogen) atoms. The van der Waals surface area contributed by atoms with Crippen molar-refractivity contribution in [2.45, 2.75) is 142 Å². The molecule has 0 heterocycles. The number of hydrogen-bond donors (Lipinski definition) is 1. The van der Waals surface area contributed by atoms with Crippen molar-refractivity contribution < 1.29 is 19.4 Å². The van der Waals surface area contributed by atoms with Crippen LogP contribution in [0.5, 0.6) is 0 Å². The van der Waals surface area contributed by atoms with Crippen LogP contribution in [0.3, 0.4) is 0 Å². The average molecular weight is 555 g/mol. The van der Waals surface area contributed by atoms with Crippen molar-refractivity contribution in [3.05, 3.63) is 72.9 Å². The lowest BCUT2D eigenvalue weighted by molar-refractivity contribution is -0.146. The highest BCUT2D eigenvalue weighted by atomic mass is 16.5. The SMILES string of the molecule is CC/C=C\C/C=C\C/C=C\C/C=C\C/C=C\CC(=O)OC(/C=C\CCCCCCCC)CCCCCCC(=O)O. The smallest absolute Gasteiger partial charge is 0.310 e. The fourth-order valence-corrected chi connectivity index (χ4v) is 4.11. The van der Waals surface area contributed by atoms with Gasteiger partial charge in [0.15, 0.2) is 0 Å². The number of unbranched alkanes of at least 4 members (excludes halogenated alkanes) is 9. The maximum absolute atomic E-state index is 12.4. The molecule has 0 amide bonds. The molecule has 4 nitrogen and oxygen atoms in total. The Balaban J connectivity index is 4.29. The third-order valence-electron chi connectivity index (χ3n) is 6.43. The van der Waals surface area contributed by atoms with Gasteiger partial charge in [-0.2, -0.15) is 0 Å². The highest BCUT2D eigenvalue weighted by Crippen LogP contribution is 2.13. The topological polar surface area (TPSA) is 63.6 Å². The third-order valence-corrected chi connectivity index (χ3v) is 6.43. The Bertz CT molecular complexity index is 770. The van der Waals surface area contributed by atoms with Crippen molar-refractivity contribution in [2.24, 2.45) is 0 Å². The zero-order chi connectivity index (χ0) is 29.4. The minimum Gasteiger partial charge on any atom is -0.481 e. The van der Waals surface area contributed by atoms with E-state index >= 15 is 0 Å². The van der Waals surface area contributed by atoms with E-state index in [1.54, 1.807) is 0 Å². The second kappa shape index (κ2) is 30.9. The van der Waals surface area contributed by atoms with E-state index in [0.717, 1.165) is 64.2 Å². The molecule has 226 valence electrons. The van der Waals surface area contributed by atoms with Gasteiger partial charge < -0.3 is 9.84 Å². The van der Waals surface area contributed by atoms with Gasteiger partial charge in [0.25, 0.3) is 0 Å². The van der Waals surface area contributed by atoms with Crippen LogP contribution in [0.15, 0.2) is 72.9 Å². The number of hydrogen-bond acceptors (Lipinski definition) is 3. The van der Waals surface area contributed by atoms with Gasteiger partial charge in [-0.25, -0.2) is 0 Å². The second-order valence-electron chi connectivity index (χ2n) is 10.3. The van der Waals surface area contributed by atoms with Crippen LogP contribution in [0, 0.1) is 0 Å². The molecule has 0 bridgehead atoms. The molecule has 0 aliphatic rings. The van der Waals surface area contributed by atoms with Gasteiger partial charge in [0, 0.05) is 6.42 Å². The quantitative estimate of drug-likeness (QED) is 0.0623. The summed E-state index contributed by atoms with van der Waals surface area (Å²) in [5.41, 5.74) is 0. The van der Waals surface area contributed by atoms with Crippen LogP contribution in [0.4, 0.5) is 0 Å². The Hall–Kier alpha value is -2.62. The van der Waals surface area contributed by atoms with E-state index in [1.807, 2.05) is 12.2 Å². The summed E-state index contributed by atoms with van der Waals surface area (Å²) < 4.78 is 5.77. The summed E-state index contributed by atoms with van der Waals surface area (Å²) >= 11 is 0. The summed E-state index contributed by atoms with van der Waals surface area (Å²) in [4.78, 5) is 23.1. The molecule has 0 aliphatic carbocycles. The van der Waals surface area contributed by atoms with Crippen molar-refractivity contribution in [3.8, 4) is 0 Å². The number of allylic oxidation sites excluding steroid dienone is 10. The number of carbonyl (C=O) groups is 2. The summed E-state index contributed by atoms with van der Waals surface area (Å²) in [6, 6.07) is 0. The summed E-state index contributed by atoms with van der Waals surface area (Å²) in [5.74, 6) is -0.930. The summed E-state index contributed by atoms with van der Waals surface area (Å²) in [7, 11) is 0. The van der Waals surface area contributed by atoms with Crippen LogP contribution in [0.1, 0.15) is 136 Å². The number of carbonyl (C=O) groups excluding carboxylic acids is 1. The van der Waals surface area contributed by atoms with Gasteiger partial charge in [0.05, 0.1) is 6.42 Å². The van der Waals surface area contributed by atoms with E-state index in [2.05, 4.69) is 74.6 Å². The van der Waals surface area contributed by atoms with Crippen molar-refractivity contribution in [2.75, 3.05) is 0 Å². The molecule has 0 fully saturated rings. The number of ether oxygens (including phenoxy) is 1. The average Bonchev–Trinajstić information content (AvgIpc) is 2.93.